The Labute approximate surface area is 109 Å². The summed E-state index contributed by atoms with van der Waals surface area (Å²) in [6.07, 6.45) is 6.13. The van der Waals surface area contributed by atoms with Gasteiger partial charge >= 0.3 is 0 Å². The van der Waals surface area contributed by atoms with Crippen molar-refractivity contribution in [2.24, 2.45) is 0 Å². The van der Waals surface area contributed by atoms with Crippen LogP contribution in [0.15, 0.2) is 36.7 Å². The highest BCUT2D eigenvalue weighted by Crippen LogP contribution is 2.09. The predicted molar refractivity (Wildman–Crippen MR) is 74.5 cm³/mol. The lowest BCUT2D eigenvalue weighted by molar-refractivity contribution is 0.704. The van der Waals surface area contributed by atoms with Gasteiger partial charge in [0.05, 0.1) is 0 Å². The van der Waals surface area contributed by atoms with Gasteiger partial charge in [0.1, 0.15) is 5.82 Å². The Balaban J connectivity index is 2.06. The van der Waals surface area contributed by atoms with E-state index in [1.165, 1.54) is 17.0 Å². The van der Waals surface area contributed by atoms with Crippen molar-refractivity contribution in [1.29, 1.82) is 0 Å². The van der Waals surface area contributed by atoms with Crippen LogP contribution >= 0.6 is 0 Å². The van der Waals surface area contributed by atoms with Gasteiger partial charge in [0.15, 0.2) is 0 Å². The molecule has 0 aliphatic carbocycles. The van der Waals surface area contributed by atoms with Gasteiger partial charge < -0.3 is 9.88 Å². The second-order valence-electron chi connectivity index (χ2n) is 4.57. The number of aromatic nitrogens is 2. The number of imidazole rings is 1. The molecule has 0 radical (unpaired) electrons. The first-order valence-corrected chi connectivity index (χ1v) is 6.56. The predicted octanol–water partition coefficient (Wildman–Crippen LogP) is 2.60. The molecule has 2 rings (SSSR count). The molecule has 3 heteroatoms. The molecule has 0 amide bonds. The van der Waals surface area contributed by atoms with E-state index in [1.54, 1.807) is 0 Å². The van der Waals surface area contributed by atoms with Crippen LogP contribution in [0.1, 0.15) is 30.3 Å². The molecular weight excluding hydrogens is 222 g/mol. The van der Waals surface area contributed by atoms with E-state index in [0.29, 0.717) is 0 Å². The highest BCUT2D eigenvalue weighted by molar-refractivity contribution is 5.23. The lowest BCUT2D eigenvalue weighted by Crippen LogP contribution is -2.06. The van der Waals surface area contributed by atoms with Crippen LogP contribution in [0.4, 0.5) is 0 Å². The molecule has 0 bridgehead atoms. The minimum Gasteiger partial charge on any atom is -0.331 e. The molecule has 1 aromatic carbocycles. The van der Waals surface area contributed by atoms with E-state index >= 15 is 0 Å². The van der Waals surface area contributed by atoms with E-state index in [4.69, 9.17) is 0 Å². The minimum atomic E-state index is 0.912. The minimum absolute atomic E-state index is 0.912. The van der Waals surface area contributed by atoms with Crippen molar-refractivity contribution >= 4 is 0 Å². The molecule has 1 heterocycles. The summed E-state index contributed by atoms with van der Waals surface area (Å²) in [5, 5.41) is 3.16. The molecule has 1 N–H and O–H groups in total. The van der Waals surface area contributed by atoms with Gasteiger partial charge in [-0.3, -0.25) is 0 Å². The van der Waals surface area contributed by atoms with Gasteiger partial charge in [-0.15, -0.1) is 0 Å². The van der Waals surface area contributed by atoms with Crippen LogP contribution in [0.5, 0.6) is 0 Å². The first-order chi connectivity index (χ1) is 8.83. The van der Waals surface area contributed by atoms with Crippen molar-refractivity contribution in [3.05, 3.63) is 53.6 Å². The zero-order valence-electron chi connectivity index (χ0n) is 11.2. The molecule has 0 spiro atoms. The largest absolute Gasteiger partial charge is 0.331 e. The Morgan fingerprint density at radius 1 is 1.17 bits per heavy atom. The topological polar surface area (TPSA) is 29.9 Å². The smallest absolute Gasteiger partial charge is 0.108 e. The third-order valence-electron chi connectivity index (χ3n) is 3.03. The quantitative estimate of drug-likeness (QED) is 0.845. The third-order valence-corrected chi connectivity index (χ3v) is 3.03. The van der Waals surface area contributed by atoms with E-state index in [-0.39, 0.29) is 0 Å². The molecule has 18 heavy (non-hydrogen) atoms. The number of aryl methyl sites for hydroxylation is 1. The Bertz CT molecular complexity index is 471. The second kappa shape index (κ2) is 6.36. The zero-order chi connectivity index (χ0) is 12.8. The second-order valence-corrected chi connectivity index (χ2v) is 4.57. The molecule has 0 saturated carbocycles. The van der Waals surface area contributed by atoms with Crippen LogP contribution in [0.3, 0.4) is 0 Å². The molecule has 0 saturated heterocycles. The van der Waals surface area contributed by atoms with Crippen molar-refractivity contribution < 1.29 is 0 Å². The Hall–Kier alpha value is -1.61. The van der Waals surface area contributed by atoms with Crippen LogP contribution in [-0.2, 0) is 19.5 Å². The van der Waals surface area contributed by atoms with Gasteiger partial charge in [-0.1, -0.05) is 31.2 Å². The van der Waals surface area contributed by atoms with Crippen LogP contribution in [0.25, 0.3) is 0 Å². The van der Waals surface area contributed by atoms with Crippen LogP contribution < -0.4 is 5.32 Å². The van der Waals surface area contributed by atoms with E-state index in [2.05, 4.69) is 52.3 Å². The fourth-order valence-corrected chi connectivity index (χ4v) is 2.10. The molecule has 2 aromatic rings. The maximum Gasteiger partial charge on any atom is 0.108 e. The van der Waals surface area contributed by atoms with Gasteiger partial charge in [-0.05, 0) is 24.6 Å². The summed E-state index contributed by atoms with van der Waals surface area (Å²) in [7, 11) is 1.97. The molecule has 0 fully saturated rings. The third kappa shape index (κ3) is 3.20. The van der Waals surface area contributed by atoms with Crippen molar-refractivity contribution in [1.82, 2.24) is 14.9 Å². The summed E-state index contributed by atoms with van der Waals surface area (Å²) in [4.78, 5) is 4.40. The van der Waals surface area contributed by atoms with Gasteiger partial charge in [0.25, 0.3) is 0 Å². The average molecular weight is 243 g/mol. The fraction of sp³-hybridized carbons (Fsp3) is 0.400. The molecular formula is C15H21N3. The number of rotatable bonds is 6. The summed E-state index contributed by atoms with van der Waals surface area (Å²) in [6.45, 7) is 4.02. The standard InChI is InChI=1S/C15H21N3/c1-3-4-15-17-9-10-18(15)12-14-7-5-13(6-8-14)11-16-2/h5-10,16H,3-4,11-12H2,1-2H3. The number of hydrogen-bond acceptors (Lipinski definition) is 2. The van der Waals surface area contributed by atoms with Gasteiger partial charge in [0.2, 0.25) is 0 Å². The maximum absolute atomic E-state index is 4.40. The highest BCUT2D eigenvalue weighted by atomic mass is 15.1. The normalized spacial score (nSPS) is 10.8. The van der Waals surface area contributed by atoms with Crippen LogP contribution in [-0.4, -0.2) is 16.6 Å². The van der Waals surface area contributed by atoms with Crippen molar-refractivity contribution in [2.75, 3.05) is 7.05 Å². The first-order valence-electron chi connectivity index (χ1n) is 6.56. The molecule has 3 nitrogen and oxygen atoms in total. The monoisotopic (exact) mass is 243 g/mol. The number of hydrogen-bond donors (Lipinski definition) is 1. The summed E-state index contributed by atoms with van der Waals surface area (Å²) in [5.41, 5.74) is 2.64. The van der Waals surface area contributed by atoms with Gasteiger partial charge in [-0.2, -0.15) is 0 Å². The summed E-state index contributed by atoms with van der Waals surface area (Å²) < 4.78 is 2.23. The Morgan fingerprint density at radius 2 is 1.89 bits per heavy atom. The van der Waals surface area contributed by atoms with Crippen molar-refractivity contribution in [2.45, 2.75) is 32.9 Å². The molecule has 0 aliphatic heterocycles. The molecule has 96 valence electrons. The Morgan fingerprint density at radius 3 is 2.56 bits per heavy atom. The van der Waals surface area contributed by atoms with Gasteiger partial charge in [0, 0.05) is 31.9 Å². The molecule has 0 atom stereocenters. The van der Waals surface area contributed by atoms with E-state index in [0.717, 1.165) is 25.9 Å². The first kappa shape index (κ1) is 12.8. The van der Waals surface area contributed by atoms with Crippen LogP contribution in [0.2, 0.25) is 0 Å². The van der Waals surface area contributed by atoms with Crippen molar-refractivity contribution in [3.8, 4) is 0 Å². The fourth-order valence-electron chi connectivity index (χ4n) is 2.10. The summed E-state index contributed by atoms with van der Waals surface area (Å²) >= 11 is 0. The zero-order valence-corrected chi connectivity index (χ0v) is 11.2. The number of nitrogens with zero attached hydrogens (tertiary/aromatic N) is 2. The van der Waals surface area contributed by atoms with Crippen LogP contribution in [0, 0.1) is 0 Å². The highest BCUT2D eigenvalue weighted by Gasteiger charge is 2.02. The van der Waals surface area contributed by atoms with E-state index in [9.17, 15) is 0 Å². The van der Waals surface area contributed by atoms with Crippen molar-refractivity contribution in [3.63, 3.8) is 0 Å². The number of benzene rings is 1. The average Bonchev–Trinajstić information content (AvgIpc) is 2.80. The summed E-state index contributed by atoms with van der Waals surface area (Å²) in [5.74, 6) is 1.18. The van der Waals surface area contributed by atoms with E-state index < -0.39 is 0 Å². The SMILES string of the molecule is CCCc1nccn1Cc1ccc(CNC)cc1. The maximum atomic E-state index is 4.40. The summed E-state index contributed by atoms with van der Waals surface area (Å²) in [6, 6.07) is 8.76. The lowest BCUT2D eigenvalue weighted by Gasteiger charge is -2.08. The van der Waals surface area contributed by atoms with Gasteiger partial charge in [-0.25, -0.2) is 4.98 Å². The molecule has 0 aliphatic rings. The van der Waals surface area contributed by atoms with E-state index in [1.807, 2.05) is 13.2 Å². The number of nitrogens with one attached hydrogen (secondary N) is 1. The lowest BCUT2D eigenvalue weighted by atomic mass is 10.1. The molecule has 0 unspecified atom stereocenters. The Kier molecular flexibility index (Phi) is 4.53. The molecule has 1 aromatic heterocycles.